The molecule has 0 unspecified atom stereocenters. The van der Waals surface area contributed by atoms with E-state index in [9.17, 15) is 0 Å². The van der Waals surface area contributed by atoms with Crippen LogP contribution < -0.4 is 9.64 Å². The van der Waals surface area contributed by atoms with Crippen molar-refractivity contribution in [3.8, 4) is 5.75 Å². The van der Waals surface area contributed by atoms with E-state index >= 15 is 0 Å². The number of hydrogen-bond acceptors (Lipinski definition) is 2. The molecule has 21 heavy (non-hydrogen) atoms. The van der Waals surface area contributed by atoms with Crippen LogP contribution in [0, 0.1) is 0 Å². The minimum atomic E-state index is -0.0454. The lowest BCUT2D eigenvalue weighted by atomic mass is 9.84. The van der Waals surface area contributed by atoms with Gasteiger partial charge >= 0.3 is 0 Å². The highest BCUT2D eigenvalue weighted by Crippen LogP contribution is 2.50. The van der Waals surface area contributed by atoms with Gasteiger partial charge < -0.3 is 9.64 Å². The highest BCUT2D eigenvalue weighted by atomic mass is 16.5. The largest absolute Gasteiger partial charge is 0.487 e. The second-order valence-corrected chi connectivity index (χ2v) is 6.06. The first kappa shape index (κ1) is 13.7. The van der Waals surface area contributed by atoms with Gasteiger partial charge in [0.1, 0.15) is 12.4 Å². The molecule has 108 valence electrons. The van der Waals surface area contributed by atoms with Crippen molar-refractivity contribution >= 4 is 5.69 Å². The number of nitrogens with zero attached hydrogens (tertiary/aromatic N) is 1. The average molecular weight is 279 g/mol. The normalized spacial score (nSPS) is 16.0. The lowest BCUT2D eigenvalue weighted by Crippen LogP contribution is -2.21. The number of rotatable bonds is 3. The molecule has 0 spiro atoms. The van der Waals surface area contributed by atoms with Crippen molar-refractivity contribution < 1.29 is 4.74 Å². The fourth-order valence-corrected chi connectivity index (χ4v) is 2.93. The maximum absolute atomic E-state index is 6.06. The minimum Gasteiger partial charge on any atom is -0.487 e. The number of allylic oxidation sites excluding steroid dienone is 1. The molecule has 2 heteroatoms. The Bertz CT molecular complexity index is 673. The van der Waals surface area contributed by atoms with Crippen LogP contribution in [0.1, 0.15) is 25.0 Å². The van der Waals surface area contributed by atoms with Gasteiger partial charge in [-0.15, -0.1) is 0 Å². The molecule has 0 amide bonds. The summed E-state index contributed by atoms with van der Waals surface area (Å²) in [7, 11) is 2.06. The predicted molar refractivity (Wildman–Crippen MR) is 87.8 cm³/mol. The van der Waals surface area contributed by atoms with E-state index in [0.29, 0.717) is 6.61 Å². The van der Waals surface area contributed by atoms with Crippen molar-refractivity contribution in [3.05, 3.63) is 71.9 Å². The highest BCUT2D eigenvalue weighted by Gasteiger charge is 2.38. The van der Waals surface area contributed by atoms with Crippen LogP contribution in [0.15, 0.2) is 60.8 Å². The van der Waals surface area contributed by atoms with Crippen molar-refractivity contribution in [1.82, 2.24) is 0 Å². The van der Waals surface area contributed by atoms with Crippen molar-refractivity contribution in [2.24, 2.45) is 0 Å². The Kier molecular flexibility index (Phi) is 3.25. The van der Waals surface area contributed by atoms with E-state index in [-0.39, 0.29) is 5.41 Å². The number of benzene rings is 2. The smallest absolute Gasteiger partial charge is 0.143 e. The topological polar surface area (TPSA) is 12.5 Å². The van der Waals surface area contributed by atoms with Gasteiger partial charge in [-0.25, -0.2) is 0 Å². The summed E-state index contributed by atoms with van der Waals surface area (Å²) in [5.41, 5.74) is 4.65. The molecule has 0 aromatic heterocycles. The molecule has 2 aromatic carbocycles. The first-order chi connectivity index (χ1) is 10.0. The molecule has 1 aliphatic rings. The maximum atomic E-state index is 6.06. The van der Waals surface area contributed by atoms with Crippen molar-refractivity contribution in [3.63, 3.8) is 0 Å². The summed E-state index contributed by atoms with van der Waals surface area (Å²) in [6, 6.07) is 16.5. The molecule has 0 radical (unpaired) electrons. The zero-order valence-electron chi connectivity index (χ0n) is 12.9. The Labute approximate surface area is 126 Å². The Balaban J connectivity index is 1.92. The van der Waals surface area contributed by atoms with E-state index in [1.807, 2.05) is 24.3 Å². The third-order valence-electron chi connectivity index (χ3n) is 4.37. The van der Waals surface area contributed by atoms with Gasteiger partial charge in [0, 0.05) is 18.2 Å². The first-order valence-electron chi connectivity index (χ1n) is 7.25. The number of likely N-dealkylation sites (N-methyl/N-ethyl adjacent to an activating group) is 1. The summed E-state index contributed by atoms with van der Waals surface area (Å²) in [6.07, 6.45) is 0. The number of para-hydroxylation sites is 1. The lowest BCUT2D eigenvalue weighted by Gasteiger charge is -2.22. The van der Waals surface area contributed by atoms with Gasteiger partial charge in [-0.2, -0.15) is 0 Å². The molecular weight excluding hydrogens is 258 g/mol. The SMILES string of the molecule is C=C1N(C)c2c(OCc3ccccc3)cccc2C1(C)C. The lowest BCUT2D eigenvalue weighted by molar-refractivity contribution is 0.307. The third kappa shape index (κ3) is 2.21. The van der Waals surface area contributed by atoms with Crippen LogP contribution >= 0.6 is 0 Å². The molecule has 0 atom stereocenters. The van der Waals surface area contributed by atoms with Gasteiger partial charge in [-0.05, 0) is 17.2 Å². The molecule has 0 N–H and O–H groups in total. The third-order valence-corrected chi connectivity index (χ3v) is 4.37. The first-order valence-corrected chi connectivity index (χ1v) is 7.25. The Morgan fingerprint density at radius 1 is 1.05 bits per heavy atom. The van der Waals surface area contributed by atoms with Crippen LogP contribution in [0.2, 0.25) is 0 Å². The molecular formula is C19H21NO. The van der Waals surface area contributed by atoms with Crippen LogP contribution in [-0.4, -0.2) is 7.05 Å². The molecule has 2 nitrogen and oxygen atoms in total. The van der Waals surface area contributed by atoms with Crippen LogP contribution in [0.25, 0.3) is 0 Å². The van der Waals surface area contributed by atoms with Gasteiger partial charge in [0.05, 0.1) is 5.69 Å². The van der Waals surface area contributed by atoms with E-state index in [2.05, 4.69) is 56.6 Å². The van der Waals surface area contributed by atoms with Crippen molar-refractivity contribution in [2.75, 3.05) is 11.9 Å². The van der Waals surface area contributed by atoms with Gasteiger partial charge in [0.25, 0.3) is 0 Å². The molecule has 1 heterocycles. The van der Waals surface area contributed by atoms with Gasteiger partial charge in [0.15, 0.2) is 0 Å². The van der Waals surface area contributed by atoms with E-state index in [1.54, 1.807) is 0 Å². The standard InChI is InChI=1S/C19H21NO/c1-14-19(2,3)16-11-8-12-17(18(16)20(14)4)21-13-15-9-6-5-7-10-15/h5-12H,1,13H2,2-4H3. The zero-order valence-corrected chi connectivity index (χ0v) is 12.9. The van der Waals surface area contributed by atoms with E-state index in [1.165, 1.54) is 11.1 Å². The molecule has 0 saturated carbocycles. The Morgan fingerprint density at radius 2 is 1.76 bits per heavy atom. The van der Waals surface area contributed by atoms with Crippen LogP contribution in [0.5, 0.6) is 5.75 Å². The second-order valence-electron chi connectivity index (χ2n) is 6.06. The summed E-state index contributed by atoms with van der Waals surface area (Å²) in [5.74, 6) is 0.922. The second kappa shape index (κ2) is 4.96. The fraction of sp³-hybridized carbons (Fsp3) is 0.263. The summed E-state index contributed by atoms with van der Waals surface area (Å²) in [6.45, 7) is 9.23. The Morgan fingerprint density at radius 3 is 2.48 bits per heavy atom. The summed E-state index contributed by atoms with van der Waals surface area (Å²) in [4.78, 5) is 2.15. The van der Waals surface area contributed by atoms with Gasteiger partial charge in [-0.3, -0.25) is 0 Å². The number of anilines is 1. The summed E-state index contributed by atoms with van der Waals surface area (Å²) >= 11 is 0. The average Bonchev–Trinajstić information content (AvgIpc) is 2.68. The number of hydrogen-bond donors (Lipinski definition) is 0. The van der Waals surface area contributed by atoms with Crippen LogP contribution in [0.3, 0.4) is 0 Å². The maximum Gasteiger partial charge on any atom is 0.143 e. The number of fused-ring (bicyclic) bond motifs is 1. The number of ether oxygens (including phenoxy) is 1. The van der Waals surface area contributed by atoms with Crippen LogP contribution in [-0.2, 0) is 12.0 Å². The molecule has 0 saturated heterocycles. The quantitative estimate of drug-likeness (QED) is 0.820. The van der Waals surface area contributed by atoms with E-state index in [4.69, 9.17) is 4.74 Å². The monoisotopic (exact) mass is 279 g/mol. The molecule has 0 aliphatic carbocycles. The van der Waals surface area contributed by atoms with E-state index < -0.39 is 0 Å². The van der Waals surface area contributed by atoms with Gasteiger partial charge in [0.2, 0.25) is 0 Å². The molecule has 0 bridgehead atoms. The Hall–Kier alpha value is -2.22. The van der Waals surface area contributed by atoms with Crippen molar-refractivity contribution in [1.29, 1.82) is 0 Å². The summed E-state index contributed by atoms with van der Waals surface area (Å²) < 4.78 is 6.06. The van der Waals surface area contributed by atoms with Crippen molar-refractivity contribution in [2.45, 2.75) is 25.9 Å². The predicted octanol–water partition coefficient (Wildman–Crippen LogP) is 4.51. The van der Waals surface area contributed by atoms with Gasteiger partial charge in [-0.1, -0.05) is 62.9 Å². The fourth-order valence-electron chi connectivity index (χ4n) is 2.93. The van der Waals surface area contributed by atoms with Crippen LogP contribution in [0.4, 0.5) is 5.69 Å². The molecule has 2 aromatic rings. The summed E-state index contributed by atoms with van der Waals surface area (Å²) in [5, 5.41) is 0. The minimum absolute atomic E-state index is 0.0454. The van der Waals surface area contributed by atoms with E-state index in [0.717, 1.165) is 17.1 Å². The highest BCUT2D eigenvalue weighted by molar-refractivity contribution is 5.75. The zero-order chi connectivity index (χ0) is 15.0. The molecule has 0 fully saturated rings. The molecule has 1 aliphatic heterocycles. The molecule has 3 rings (SSSR count).